The van der Waals surface area contributed by atoms with Gasteiger partial charge in [-0.05, 0) is 0 Å². The quantitative estimate of drug-likeness (QED) is 0.515. The van der Waals surface area contributed by atoms with Gasteiger partial charge in [0, 0.05) is 0 Å². The van der Waals surface area contributed by atoms with Gasteiger partial charge in [-0.1, -0.05) is 0 Å². The normalized spacial score (nSPS) is 8.70. The fraction of sp³-hybridized carbons (Fsp3) is 0.143. The summed E-state index contributed by atoms with van der Waals surface area (Å²) < 4.78 is 12.2. The van der Waals surface area contributed by atoms with Crippen molar-refractivity contribution in [2.45, 2.75) is 5.02 Å². The van der Waals surface area contributed by atoms with Gasteiger partial charge in [0.2, 0.25) is 0 Å². The van der Waals surface area contributed by atoms with Crippen LogP contribution in [0.2, 0.25) is 0 Å². The van der Waals surface area contributed by atoms with E-state index < -0.39 is 0 Å². The van der Waals surface area contributed by atoms with Gasteiger partial charge < -0.3 is 12.4 Å². The molecule has 0 spiro atoms. The molecule has 1 aromatic carbocycles. The van der Waals surface area contributed by atoms with Crippen LogP contribution in [0.25, 0.3) is 0 Å². The molecule has 0 aromatic heterocycles. The van der Waals surface area contributed by atoms with Gasteiger partial charge in [0.15, 0.2) is 0 Å². The van der Waals surface area contributed by atoms with E-state index in [1.807, 2.05) is 12.1 Å². The van der Waals surface area contributed by atoms with Gasteiger partial charge in [0.05, 0.1) is 0 Å². The van der Waals surface area contributed by atoms with Crippen LogP contribution in [0.5, 0.6) is 0 Å². The van der Waals surface area contributed by atoms with Gasteiger partial charge in [0.25, 0.3) is 0 Å². The molecule has 0 radical (unpaired) electrons. The third-order valence-corrected chi connectivity index (χ3v) is 2.41. The maximum Gasteiger partial charge on any atom is -1.00 e. The topological polar surface area (TPSA) is 0 Å². The third kappa shape index (κ3) is 2.76. The third-order valence-electron chi connectivity index (χ3n) is 1.20. The number of hydrogen-bond donors (Lipinski definition) is 0. The summed E-state index contributed by atoms with van der Waals surface area (Å²) in [4.78, 5) is 0. The number of halogens is 2. The van der Waals surface area contributed by atoms with E-state index in [-0.39, 0.29) is 18.2 Å². The molecule has 0 aliphatic rings. The van der Waals surface area contributed by atoms with Crippen molar-refractivity contribution < 1.29 is 35.1 Å². The van der Waals surface area contributed by atoms with E-state index in [9.17, 15) is 4.39 Å². The molecule has 0 aliphatic heterocycles. The van der Waals surface area contributed by atoms with Crippen LogP contribution in [-0.2, 0) is 23.3 Å². The van der Waals surface area contributed by atoms with E-state index in [2.05, 4.69) is 0 Å². The second-order valence-corrected chi connectivity index (χ2v) is 2.93. The van der Waals surface area contributed by atoms with Crippen molar-refractivity contribution in [1.29, 1.82) is 0 Å². The molecule has 0 heterocycles. The number of hydrogen-bond acceptors (Lipinski definition) is 0. The molecule has 0 atom stereocenters. The SMILES string of the molecule is Fc1ccc([CH2][Zn+])cc1.[Cl-]. The van der Waals surface area contributed by atoms with Gasteiger partial charge in [0.1, 0.15) is 0 Å². The molecule has 0 N–H and O–H groups in total. The molecule has 0 bridgehead atoms. The molecule has 3 heteroatoms. The maximum atomic E-state index is 12.2. The zero-order chi connectivity index (χ0) is 6.69. The van der Waals surface area contributed by atoms with Crippen LogP contribution < -0.4 is 12.4 Å². The monoisotopic (exact) mass is 208 g/mol. The number of benzene rings is 1. The van der Waals surface area contributed by atoms with E-state index in [0.717, 1.165) is 5.02 Å². The zero-order valence-corrected chi connectivity index (χ0v) is 9.20. The molecular weight excluding hydrogens is 204 g/mol. The summed E-state index contributed by atoms with van der Waals surface area (Å²) in [6.07, 6.45) is 0. The van der Waals surface area contributed by atoms with Crippen molar-refractivity contribution in [1.82, 2.24) is 0 Å². The predicted octanol–water partition coefficient (Wildman–Crippen LogP) is -1.12. The standard InChI is InChI=1S/C7H6F.ClH.Zn/c1-6-2-4-7(8)5-3-6;;/h2-5H,1H2;1H;/q;;+1/p-1. The summed E-state index contributed by atoms with van der Waals surface area (Å²) in [6, 6.07) is 6.67. The molecule has 0 fully saturated rings. The Balaban J connectivity index is 0.000000810. The van der Waals surface area contributed by atoms with Crippen LogP contribution >= 0.6 is 0 Å². The molecule has 0 aliphatic carbocycles. The second kappa shape index (κ2) is 4.81. The molecule has 0 saturated carbocycles. The first-order chi connectivity index (χ1) is 4.33. The van der Waals surface area contributed by atoms with E-state index in [0.29, 0.717) is 0 Å². The Hall–Kier alpha value is 0.0634. The molecular formula is C7H6ClFZn. The summed E-state index contributed by atoms with van der Waals surface area (Å²) in [5.74, 6) is -0.146. The van der Waals surface area contributed by atoms with Crippen molar-refractivity contribution >= 4 is 0 Å². The summed E-state index contributed by atoms with van der Waals surface area (Å²) in [7, 11) is 0. The molecule has 0 nitrogen and oxygen atoms in total. The Kier molecular flexibility index (Phi) is 4.84. The fourth-order valence-electron chi connectivity index (χ4n) is 0.651. The minimum Gasteiger partial charge on any atom is -1.00 e. The predicted molar refractivity (Wildman–Crippen MR) is 30.1 cm³/mol. The van der Waals surface area contributed by atoms with Crippen LogP contribution in [0.1, 0.15) is 5.56 Å². The summed E-state index contributed by atoms with van der Waals surface area (Å²) in [6.45, 7) is 0. The smallest absolute Gasteiger partial charge is 1.00 e. The molecule has 0 saturated heterocycles. The first-order valence-electron chi connectivity index (χ1n) is 2.86. The fourth-order valence-corrected chi connectivity index (χ4v) is 1.35. The van der Waals surface area contributed by atoms with Gasteiger partial charge in [-0.2, -0.15) is 0 Å². The van der Waals surface area contributed by atoms with Crippen molar-refractivity contribution in [2.75, 3.05) is 0 Å². The Morgan fingerprint density at radius 1 is 1.20 bits per heavy atom. The van der Waals surface area contributed by atoms with Gasteiger partial charge in [-0.3, -0.25) is 0 Å². The van der Waals surface area contributed by atoms with Crippen LogP contribution in [0, 0.1) is 5.82 Å². The number of rotatable bonds is 1. The Morgan fingerprint density at radius 3 is 2.10 bits per heavy atom. The van der Waals surface area contributed by atoms with Gasteiger partial charge in [-0.15, -0.1) is 0 Å². The van der Waals surface area contributed by atoms with Crippen LogP contribution in [0.4, 0.5) is 4.39 Å². The molecule has 0 amide bonds. The van der Waals surface area contributed by atoms with E-state index in [1.54, 1.807) is 0 Å². The summed E-state index contributed by atoms with van der Waals surface area (Å²) in [5.41, 5.74) is 1.23. The van der Waals surface area contributed by atoms with Crippen LogP contribution in [0.15, 0.2) is 24.3 Å². The molecule has 50 valence electrons. The second-order valence-electron chi connectivity index (χ2n) is 1.88. The van der Waals surface area contributed by atoms with E-state index in [4.69, 9.17) is 0 Å². The minimum atomic E-state index is -0.146. The molecule has 1 aromatic rings. The molecule has 10 heavy (non-hydrogen) atoms. The summed E-state index contributed by atoms with van der Waals surface area (Å²) in [5, 5.41) is 1.10. The van der Waals surface area contributed by atoms with Crippen LogP contribution in [0.3, 0.4) is 0 Å². The zero-order valence-electron chi connectivity index (χ0n) is 5.48. The first-order valence-corrected chi connectivity index (χ1v) is 4.96. The average Bonchev–Trinajstić information content (AvgIpc) is 1.90. The Morgan fingerprint density at radius 2 is 1.70 bits per heavy atom. The van der Waals surface area contributed by atoms with Crippen molar-refractivity contribution in [3.05, 3.63) is 35.6 Å². The first kappa shape index (κ1) is 10.1. The van der Waals surface area contributed by atoms with Crippen molar-refractivity contribution in [3.63, 3.8) is 0 Å². The molecule has 1 rings (SSSR count). The maximum absolute atomic E-state index is 12.2. The Bertz CT molecular complexity index is 185. The van der Waals surface area contributed by atoms with Gasteiger partial charge in [-0.25, -0.2) is 0 Å². The summed E-state index contributed by atoms with van der Waals surface area (Å²) >= 11 is 1.24. The average molecular weight is 210 g/mol. The van der Waals surface area contributed by atoms with Crippen molar-refractivity contribution in [2.24, 2.45) is 0 Å². The largest absolute Gasteiger partial charge is 1.00 e. The Labute approximate surface area is 75.9 Å². The minimum absolute atomic E-state index is 0. The van der Waals surface area contributed by atoms with Crippen LogP contribution in [-0.4, -0.2) is 0 Å². The van der Waals surface area contributed by atoms with Crippen molar-refractivity contribution in [3.8, 4) is 0 Å². The van der Waals surface area contributed by atoms with E-state index in [1.165, 1.54) is 36.0 Å². The van der Waals surface area contributed by atoms with E-state index >= 15 is 0 Å². The molecule has 0 unspecified atom stereocenters. The van der Waals surface area contributed by atoms with Gasteiger partial charge >= 0.3 is 63.4 Å².